The Hall–Kier alpha value is -1.02. The van der Waals surface area contributed by atoms with E-state index in [1.807, 2.05) is 0 Å². The summed E-state index contributed by atoms with van der Waals surface area (Å²) in [4.78, 5) is 0. The van der Waals surface area contributed by atoms with Crippen LogP contribution in [0.4, 0.5) is 5.69 Å². The standard InChI is InChI=1S/C17H26N2/c1-16(2)15(17(16,3)4)19-11-12-7-8-14-13(10-12)6-5-9-18-14/h7-8,10,15,18-19H,5-6,9,11H2,1-4H3. The van der Waals surface area contributed by atoms with Gasteiger partial charge in [-0.2, -0.15) is 0 Å². The minimum atomic E-state index is 0.419. The fourth-order valence-corrected chi connectivity index (χ4v) is 3.56. The second-order valence-corrected chi connectivity index (χ2v) is 7.28. The lowest BCUT2D eigenvalue weighted by molar-refractivity contribution is 0.457. The Bertz CT molecular complexity index is 474. The van der Waals surface area contributed by atoms with Gasteiger partial charge in [0.05, 0.1) is 0 Å². The average Bonchev–Trinajstić information content (AvgIpc) is 2.77. The third-order valence-corrected chi connectivity index (χ3v) is 5.64. The van der Waals surface area contributed by atoms with E-state index < -0.39 is 0 Å². The molecule has 0 aromatic heterocycles. The Balaban J connectivity index is 1.65. The second kappa shape index (κ2) is 4.24. The van der Waals surface area contributed by atoms with Gasteiger partial charge in [-0.3, -0.25) is 0 Å². The first-order valence-electron chi connectivity index (χ1n) is 7.52. The van der Waals surface area contributed by atoms with Gasteiger partial charge in [-0.15, -0.1) is 0 Å². The van der Waals surface area contributed by atoms with Gasteiger partial charge in [-0.25, -0.2) is 0 Å². The predicted molar refractivity (Wildman–Crippen MR) is 81.4 cm³/mol. The summed E-state index contributed by atoms with van der Waals surface area (Å²) in [5, 5.41) is 7.21. The van der Waals surface area contributed by atoms with E-state index in [1.54, 1.807) is 0 Å². The molecule has 19 heavy (non-hydrogen) atoms. The summed E-state index contributed by atoms with van der Waals surface area (Å²) in [7, 11) is 0. The van der Waals surface area contributed by atoms with Crippen molar-refractivity contribution in [3.05, 3.63) is 29.3 Å². The third kappa shape index (κ3) is 2.06. The minimum absolute atomic E-state index is 0.419. The molecule has 1 aliphatic carbocycles. The lowest BCUT2D eigenvalue weighted by atomic mass is 10.0. The van der Waals surface area contributed by atoms with Crippen LogP contribution in [0, 0.1) is 10.8 Å². The topological polar surface area (TPSA) is 24.1 Å². The molecule has 0 spiro atoms. The van der Waals surface area contributed by atoms with E-state index in [-0.39, 0.29) is 0 Å². The monoisotopic (exact) mass is 258 g/mol. The van der Waals surface area contributed by atoms with E-state index >= 15 is 0 Å². The zero-order valence-corrected chi connectivity index (χ0v) is 12.6. The van der Waals surface area contributed by atoms with E-state index in [0.717, 1.165) is 13.1 Å². The maximum atomic E-state index is 3.74. The molecule has 2 N–H and O–H groups in total. The summed E-state index contributed by atoms with van der Waals surface area (Å²) in [6.45, 7) is 11.6. The van der Waals surface area contributed by atoms with Crippen molar-refractivity contribution in [3.63, 3.8) is 0 Å². The van der Waals surface area contributed by atoms with E-state index in [1.165, 1.54) is 29.7 Å². The second-order valence-electron chi connectivity index (χ2n) is 7.28. The number of fused-ring (bicyclic) bond motifs is 1. The molecule has 0 unspecified atom stereocenters. The summed E-state index contributed by atoms with van der Waals surface area (Å²) in [6.07, 6.45) is 2.48. The van der Waals surface area contributed by atoms with Crippen molar-refractivity contribution in [2.24, 2.45) is 10.8 Å². The van der Waals surface area contributed by atoms with Crippen molar-refractivity contribution in [1.82, 2.24) is 5.32 Å². The molecule has 0 amide bonds. The fourth-order valence-electron chi connectivity index (χ4n) is 3.56. The van der Waals surface area contributed by atoms with Gasteiger partial charge in [0, 0.05) is 24.8 Å². The number of hydrogen-bond acceptors (Lipinski definition) is 2. The molecule has 0 saturated heterocycles. The van der Waals surface area contributed by atoms with Crippen LogP contribution < -0.4 is 10.6 Å². The first-order chi connectivity index (χ1) is 8.93. The zero-order valence-electron chi connectivity index (χ0n) is 12.6. The Kier molecular flexibility index (Phi) is 2.90. The van der Waals surface area contributed by atoms with Gasteiger partial charge in [-0.1, -0.05) is 39.8 Å². The molecular weight excluding hydrogens is 232 g/mol. The van der Waals surface area contributed by atoms with Gasteiger partial charge in [0.1, 0.15) is 0 Å². The Labute approximate surface area is 117 Å². The smallest absolute Gasteiger partial charge is 0.0372 e. The van der Waals surface area contributed by atoms with Crippen LogP contribution in [-0.4, -0.2) is 12.6 Å². The van der Waals surface area contributed by atoms with Crippen LogP contribution in [0.25, 0.3) is 0 Å². The third-order valence-electron chi connectivity index (χ3n) is 5.64. The number of aryl methyl sites for hydroxylation is 1. The average molecular weight is 258 g/mol. The van der Waals surface area contributed by atoms with E-state index in [0.29, 0.717) is 16.9 Å². The zero-order chi connectivity index (χ0) is 13.7. The lowest BCUT2D eigenvalue weighted by Crippen LogP contribution is -2.22. The maximum absolute atomic E-state index is 3.74. The van der Waals surface area contributed by atoms with Crippen molar-refractivity contribution in [2.75, 3.05) is 11.9 Å². The number of hydrogen-bond donors (Lipinski definition) is 2. The summed E-state index contributed by atoms with van der Waals surface area (Å²) in [6, 6.07) is 7.51. The van der Waals surface area contributed by atoms with Crippen LogP contribution in [-0.2, 0) is 13.0 Å². The summed E-state index contributed by atoms with van der Waals surface area (Å²) in [5.41, 5.74) is 5.08. The Morgan fingerprint density at radius 2 is 1.95 bits per heavy atom. The van der Waals surface area contributed by atoms with Gasteiger partial charge < -0.3 is 10.6 Å². The maximum Gasteiger partial charge on any atom is 0.0372 e. The summed E-state index contributed by atoms with van der Waals surface area (Å²) < 4.78 is 0. The summed E-state index contributed by atoms with van der Waals surface area (Å²) in [5.74, 6) is 0. The van der Waals surface area contributed by atoms with Crippen molar-refractivity contribution >= 4 is 5.69 Å². The highest BCUT2D eigenvalue weighted by Gasteiger charge is 2.64. The summed E-state index contributed by atoms with van der Waals surface area (Å²) >= 11 is 0. The molecule has 0 bridgehead atoms. The number of benzene rings is 1. The van der Waals surface area contributed by atoms with Crippen LogP contribution in [0.15, 0.2) is 18.2 Å². The molecule has 0 atom stereocenters. The molecule has 3 rings (SSSR count). The van der Waals surface area contributed by atoms with Crippen molar-refractivity contribution in [3.8, 4) is 0 Å². The molecule has 2 aliphatic rings. The van der Waals surface area contributed by atoms with Crippen LogP contribution in [0.2, 0.25) is 0 Å². The highest BCUT2D eigenvalue weighted by atomic mass is 15.0. The van der Waals surface area contributed by atoms with Crippen LogP contribution in [0.5, 0.6) is 0 Å². The fraction of sp³-hybridized carbons (Fsp3) is 0.647. The Morgan fingerprint density at radius 1 is 1.21 bits per heavy atom. The first-order valence-corrected chi connectivity index (χ1v) is 7.52. The number of anilines is 1. The molecule has 2 nitrogen and oxygen atoms in total. The Morgan fingerprint density at radius 3 is 2.63 bits per heavy atom. The molecule has 104 valence electrons. The van der Waals surface area contributed by atoms with Crippen molar-refractivity contribution < 1.29 is 0 Å². The normalized spacial score (nSPS) is 23.6. The van der Waals surface area contributed by atoms with Gasteiger partial charge >= 0.3 is 0 Å². The van der Waals surface area contributed by atoms with Gasteiger partial charge in [-0.05, 0) is 40.9 Å². The number of nitrogens with one attached hydrogen (secondary N) is 2. The molecule has 1 aromatic rings. The van der Waals surface area contributed by atoms with E-state index in [2.05, 4.69) is 56.5 Å². The van der Waals surface area contributed by atoms with E-state index in [4.69, 9.17) is 0 Å². The largest absolute Gasteiger partial charge is 0.385 e. The van der Waals surface area contributed by atoms with Crippen molar-refractivity contribution in [1.29, 1.82) is 0 Å². The minimum Gasteiger partial charge on any atom is -0.385 e. The molecule has 1 saturated carbocycles. The quantitative estimate of drug-likeness (QED) is 0.866. The molecule has 1 aromatic carbocycles. The van der Waals surface area contributed by atoms with E-state index in [9.17, 15) is 0 Å². The molecule has 1 fully saturated rings. The number of rotatable bonds is 3. The van der Waals surface area contributed by atoms with Crippen molar-refractivity contribution in [2.45, 2.75) is 53.1 Å². The van der Waals surface area contributed by atoms with Gasteiger partial charge in [0.15, 0.2) is 0 Å². The molecular formula is C17H26N2. The molecule has 1 aliphatic heterocycles. The van der Waals surface area contributed by atoms with Gasteiger partial charge in [0.25, 0.3) is 0 Å². The highest BCUT2D eigenvalue weighted by Crippen LogP contribution is 2.62. The van der Waals surface area contributed by atoms with Crippen LogP contribution in [0.1, 0.15) is 45.2 Å². The van der Waals surface area contributed by atoms with Crippen LogP contribution in [0.3, 0.4) is 0 Å². The first kappa shape index (κ1) is 13.0. The molecule has 0 radical (unpaired) electrons. The highest BCUT2D eigenvalue weighted by molar-refractivity contribution is 5.54. The molecule has 2 heteroatoms. The van der Waals surface area contributed by atoms with Gasteiger partial charge in [0.2, 0.25) is 0 Å². The van der Waals surface area contributed by atoms with Crippen LogP contribution >= 0.6 is 0 Å². The lowest BCUT2D eigenvalue weighted by Gasteiger charge is -2.19. The molecule has 1 heterocycles. The SMILES string of the molecule is CC1(C)C(NCc2ccc3c(c2)CCCN3)C1(C)C. The predicted octanol–water partition coefficient (Wildman–Crippen LogP) is 3.57.